The van der Waals surface area contributed by atoms with Gasteiger partial charge in [0.1, 0.15) is 0 Å². The number of imidazole rings is 1. The summed E-state index contributed by atoms with van der Waals surface area (Å²) >= 11 is 0. The number of nitrogens with zero attached hydrogens (tertiary/aromatic N) is 2. The van der Waals surface area contributed by atoms with E-state index in [0.29, 0.717) is 0 Å². The lowest BCUT2D eigenvalue weighted by Gasteiger charge is -2.17. The Bertz CT molecular complexity index is 763. The first-order valence-electron chi connectivity index (χ1n) is 8.18. The Morgan fingerprint density at radius 1 is 1.13 bits per heavy atom. The first kappa shape index (κ1) is 15.6. The molecule has 0 aliphatic carbocycles. The maximum Gasteiger partial charge on any atom is 0.0948 e. The first-order chi connectivity index (χ1) is 11.2. The molecule has 0 spiro atoms. The molecule has 2 N–H and O–H groups in total. The highest BCUT2D eigenvalue weighted by molar-refractivity contribution is 5.85. The second-order valence-corrected chi connectivity index (χ2v) is 5.96. The van der Waals surface area contributed by atoms with E-state index in [-0.39, 0.29) is 6.17 Å². The molecule has 0 fully saturated rings. The fourth-order valence-electron chi connectivity index (χ4n) is 2.77. The Labute approximate surface area is 137 Å². The molecule has 0 bridgehead atoms. The Hall–Kier alpha value is -2.33. The van der Waals surface area contributed by atoms with Crippen LogP contribution in [0.25, 0.3) is 10.8 Å². The van der Waals surface area contributed by atoms with E-state index < -0.39 is 0 Å². The summed E-state index contributed by atoms with van der Waals surface area (Å²) in [5, 5.41) is 9.56. The molecule has 0 saturated carbocycles. The van der Waals surface area contributed by atoms with E-state index in [4.69, 9.17) is 0 Å². The van der Waals surface area contributed by atoms with E-state index in [0.717, 1.165) is 25.2 Å². The van der Waals surface area contributed by atoms with Gasteiger partial charge in [0.2, 0.25) is 0 Å². The summed E-state index contributed by atoms with van der Waals surface area (Å²) in [7, 11) is 0. The summed E-state index contributed by atoms with van der Waals surface area (Å²) in [6.45, 7) is 6.21. The van der Waals surface area contributed by atoms with Crippen molar-refractivity contribution in [1.29, 1.82) is 0 Å². The number of fused-ring (bicyclic) bond motifs is 1. The minimum Gasteiger partial charge on any atom is -0.370 e. The molecule has 1 heterocycles. The van der Waals surface area contributed by atoms with Gasteiger partial charge in [-0.3, -0.25) is 5.32 Å². The van der Waals surface area contributed by atoms with E-state index in [9.17, 15) is 0 Å². The predicted octanol–water partition coefficient (Wildman–Crippen LogP) is 3.78. The van der Waals surface area contributed by atoms with Gasteiger partial charge in [-0.25, -0.2) is 4.98 Å². The van der Waals surface area contributed by atoms with Gasteiger partial charge in [0.15, 0.2) is 0 Å². The van der Waals surface area contributed by atoms with Crippen molar-refractivity contribution in [2.24, 2.45) is 0 Å². The van der Waals surface area contributed by atoms with Crippen LogP contribution in [0, 0.1) is 6.92 Å². The minimum atomic E-state index is 0.236. The fraction of sp³-hybridized carbons (Fsp3) is 0.316. The van der Waals surface area contributed by atoms with Crippen LogP contribution in [0.3, 0.4) is 0 Å². The summed E-state index contributed by atoms with van der Waals surface area (Å²) in [5.41, 5.74) is 2.36. The number of anilines is 1. The maximum atomic E-state index is 4.15. The van der Waals surface area contributed by atoms with Gasteiger partial charge in [-0.05, 0) is 49.7 Å². The molecule has 3 aromatic rings. The van der Waals surface area contributed by atoms with Crippen LogP contribution in [0.1, 0.15) is 19.0 Å². The summed E-state index contributed by atoms with van der Waals surface area (Å²) in [4.78, 5) is 4.15. The van der Waals surface area contributed by atoms with Gasteiger partial charge >= 0.3 is 0 Å². The summed E-state index contributed by atoms with van der Waals surface area (Å²) in [6, 6.07) is 14.9. The summed E-state index contributed by atoms with van der Waals surface area (Å²) in [5.74, 6) is 0. The monoisotopic (exact) mass is 308 g/mol. The van der Waals surface area contributed by atoms with Gasteiger partial charge in [-0.2, -0.15) is 0 Å². The van der Waals surface area contributed by atoms with E-state index in [1.165, 1.54) is 16.5 Å². The van der Waals surface area contributed by atoms with Crippen molar-refractivity contribution in [2.45, 2.75) is 33.0 Å². The molecule has 1 unspecified atom stereocenters. The smallest absolute Gasteiger partial charge is 0.0948 e. The Kier molecular flexibility index (Phi) is 4.93. The molecule has 0 saturated heterocycles. The zero-order valence-electron chi connectivity index (χ0n) is 13.8. The van der Waals surface area contributed by atoms with E-state index in [1.807, 2.05) is 12.5 Å². The molecule has 4 heteroatoms. The largest absolute Gasteiger partial charge is 0.370 e. The molecule has 4 nitrogen and oxygen atoms in total. The fourth-order valence-corrected chi connectivity index (χ4v) is 2.77. The van der Waals surface area contributed by atoms with Crippen molar-refractivity contribution >= 4 is 16.5 Å². The van der Waals surface area contributed by atoms with Crippen LogP contribution in [0.15, 0.2) is 55.0 Å². The van der Waals surface area contributed by atoms with Gasteiger partial charge in [0, 0.05) is 24.1 Å². The van der Waals surface area contributed by atoms with Crippen molar-refractivity contribution in [3.05, 3.63) is 60.7 Å². The van der Waals surface area contributed by atoms with Crippen molar-refractivity contribution in [3.8, 4) is 0 Å². The quantitative estimate of drug-likeness (QED) is 0.515. The molecule has 0 amide bonds. The molecule has 2 aromatic carbocycles. The van der Waals surface area contributed by atoms with Crippen LogP contribution in [-0.4, -0.2) is 22.3 Å². The average molecular weight is 308 g/mol. The molecule has 3 rings (SSSR count). The highest BCUT2D eigenvalue weighted by atomic mass is 15.1. The third-order valence-corrected chi connectivity index (χ3v) is 4.08. The number of hydrogen-bond acceptors (Lipinski definition) is 3. The maximum absolute atomic E-state index is 4.15. The standard InChI is InChI=1S/C19H24N4/c1-15-13-20-14-23(15)11-5-10-21-16(2)22-19-9-8-17-6-3-4-7-18(17)12-19/h3-4,6-9,12-14,16,21-22H,5,10-11H2,1-2H3. The van der Waals surface area contributed by atoms with Crippen molar-refractivity contribution in [3.63, 3.8) is 0 Å². The second kappa shape index (κ2) is 7.29. The van der Waals surface area contributed by atoms with Crippen molar-refractivity contribution in [2.75, 3.05) is 11.9 Å². The number of aromatic nitrogens is 2. The minimum absolute atomic E-state index is 0.236. The number of nitrogens with one attached hydrogen (secondary N) is 2. The topological polar surface area (TPSA) is 41.9 Å². The summed E-state index contributed by atoms with van der Waals surface area (Å²) in [6.07, 6.45) is 5.12. The van der Waals surface area contributed by atoms with Crippen LogP contribution in [-0.2, 0) is 6.54 Å². The Balaban J connectivity index is 1.46. The molecular formula is C19H24N4. The number of rotatable bonds is 7. The van der Waals surface area contributed by atoms with Crippen LogP contribution in [0.4, 0.5) is 5.69 Å². The van der Waals surface area contributed by atoms with Gasteiger partial charge < -0.3 is 9.88 Å². The third-order valence-electron chi connectivity index (χ3n) is 4.08. The van der Waals surface area contributed by atoms with Gasteiger partial charge in [0.25, 0.3) is 0 Å². The van der Waals surface area contributed by atoms with Crippen LogP contribution in [0.5, 0.6) is 0 Å². The molecule has 1 aromatic heterocycles. The second-order valence-electron chi connectivity index (χ2n) is 5.96. The molecule has 1 atom stereocenters. The van der Waals surface area contributed by atoms with Crippen LogP contribution >= 0.6 is 0 Å². The third kappa shape index (κ3) is 4.11. The van der Waals surface area contributed by atoms with Gasteiger partial charge in [-0.1, -0.05) is 30.3 Å². The van der Waals surface area contributed by atoms with Gasteiger partial charge in [-0.15, -0.1) is 0 Å². The molecule has 23 heavy (non-hydrogen) atoms. The highest BCUT2D eigenvalue weighted by Gasteiger charge is 2.02. The van der Waals surface area contributed by atoms with E-state index in [1.54, 1.807) is 0 Å². The number of aryl methyl sites for hydroxylation is 2. The Morgan fingerprint density at radius 3 is 2.74 bits per heavy atom. The van der Waals surface area contributed by atoms with E-state index >= 15 is 0 Å². The zero-order chi connectivity index (χ0) is 16.1. The van der Waals surface area contributed by atoms with Crippen LogP contribution in [0.2, 0.25) is 0 Å². The molecule has 120 valence electrons. The molecule has 0 aliphatic heterocycles. The van der Waals surface area contributed by atoms with Crippen LogP contribution < -0.4 is 10.6 Å². The SMILES string of the molecule is Cc1cncn1CCCNC(C)Nc1ccc2ccccc2c1. The zero-order valence-corrected chi connectivity index (χ0v) is 13.8. The average Bonchev–Trinajstić information content (AvgIpc) is 2.97. The molecular weight excluding hydrogens is 284 g/mol. The van der Waals surface area contributed by atoms with Crippen molar-refractivity contribution < 1.29 is 0 Å². The molecule has 0 radical (unpaired) electrons. The van der Waals surface area contributed by atoms with Gasteiger partial charge in [0.05, 0.1) is 12.5 Å². The molecule has 0 aliphatic rings. The lowest BCUT2D eigenvalue weighted by Crippen LogP contribution is -2.34. The lowest BCUT2D eigenvalue weighted by molar-refractivity contribution is 0.538. The summed E-state index contributed by atoms with van der Waals surface area (Å²) < 4.78 is 2.18. The predicted molar refractivity (Wildman–Crippen MR) is 96.6 cm³/mol. The Morgan fingerprint density at radius 2 is 1.96 bits per heavy atom. The first-order valence-corrected chi connectivity index (χ1v) is 8.18. The lowest BCUT2D eigenvalue weighted by atomic mass is 10.1. The number of benzene rings is 2. The van der Waals surface area contributed by atoms with E-state index in [2.05, 4.69) is 76.5 Å². The number of hydrogen-bond donors (Lipinski definition) is 2. The van der Waals surface area contributed by atoms with Crippen molar-refractivity contribution in [1.82, 2.24) is 14.9 Å². The normalized spacial score (nSPS) is 12.4. The highest BCUT2D eigenvalue weighted by Crippen LogP contribution is 2.19.